The van der Waals surface area contributed by atoms with Gasteiger partial charge < -0.3 is 5.73 Å². The second-order valence-electron chi connectivity index (χ2n) is 4.21. The van der Waals surface area contributed by atoms with Gasteiger partial charge in [0.1, 0.15) is 0 Å². The summed E-state index contributed by atoms with van der Waals surface area (Å²) >= 11 is 19.1. The van der Waals surface area contributed by atoms with Crippen molar-refractivity contribution in [2.75, 3.05) is 0 Å². The summed E-state index contributed by atoms with van der Waals surface area (Å²) in [6, 6.07) is 11.2. The molecule has 0 radical (unpaired) electrons. The fraction of sp³-hybridized carbons (Fsp3) is 0.143. The third-order valence-corrected chi connectivity index (χ3v) is 4.59. The van der Waals surface area contributed by atoms with Gasteiger partial charge in [0.25, 0.3) is 0 Å². The Kier molecular flexibility index (Phi) is 5.32. The van der Waals surface area contributed by atoms with E-state index in [0.29, 0.717) is 16.5 Å². The van der Waals surface area contributed by atoms with E-state index in [1.165, 1.54) is 0 Å². The van der Waals surface area contributed by atoms with Gasteiger partial charge in [0.2, 0.25) is 0 Å². The van der Waals surface area contributed by atoms with Crippen LogP contribution in [-0.2, 0) is 6.42 Å². The zero-order chi connectivity index (χ0) is 14.0. The normalized spacial score (nSPS) is 12.5. The minimum Gasteiger partial charge on any atom is -0.324 e. The van der Waals surface area contributed by atoms with Crippen molar-refractivity contribution in [2.45, 2.75) is 12.5 Å². The number of benzene rings is 2. The molecule has 0 amide bonds. The zero-order valence-corrected chi connectivity index (χ0v) is 14.5. The Morgan fingerprint density at radius 1 is 1.05 bits per heavy atom. The largest absolute Gasteiger partial charge is 0.324 e. The molecule has 2 rings (SSSR count). The van der Waals surface area contributed by atoms with E-state index in [0.717, 1.165) is 20.1 Å². The predicted molar refractivity (Wildman–Crippen MR) is 88.9 cm³/mol. The minimum atomic E-state index is -0.140. The van der Waals surface area contributed by atoms with Crippen LogP contribution in [0.4, 0.5) is 0 Å². The summed E-state index contributed by atoms with van der Waals surface area (Å²) in [7, 11) is 0. The fourth-order valence-electron chi connectivity index (χ4n) is 1.85. The van der Waals surface area contributed by atoms with Crippen LogP contribution < -0.4 is 5.73 Å². The summed E-state index contributed by atoms with van der Waals surface area (Å²) in [5, 5.41) is 1.36. The highest BCUT2D eigenvalue weighted by atomic mass is 79.9. The fourth-order valence-corrected chi connectivity index (χ4v) is 3.58. The molecule has 0 bridgehead atoms. The molecule has 1 atom stereocenters. The summed E-state index contributed by atoms with van der Waals surface area (Å²) < 4.78 is 1.99. The van der Waals surface area contributed by atoms with E-state index in [1.807, 2.05) is 24.3 Å². The molecule has 5 heteroatoms. The second kappa shape index (κ2) is 6.59. The van der Waals surface area contributed by atoms with Crippen LogP contribution in [-0.4, -0.2) is 0 Å². The van der Waals surface area contributed by atoms with Crippen molar-refractivity contribution in [3.05, 3.63) is 66.5 Å². The van der Waals surface area contributed by atoms with E-state index in [4.69, 9.17) is 28.9 Å². The maximum absolute atomic E-state index is 6.25. The van der Waals surface area contributed by atoms with Crippen LogP contribution in [0, 0.1) is 0 Å². The van der Waals surface area contributed by atoms with Gasteiger partial charge in [0.15, 0.2) is 0 Å². The highest BCUT2D eigenvalue weighted by molar-refractivity contribution is 9.11. The lowest BCUT2D eigenvalue weighted by atomic mass is 10.00. The third kappa shape index (κ3) is 3.96. The first-order chi connectivity index (χ1) is 8.97. The van der Waals surface area contributed by atoms with Crippen LogP contribution in [0.5, 0.6) is 0 Å². The van der Waals surface area contributed by atoms with Crippen LogP contribution >= 0.6 is 55.1 Å². The van der Waals surface area contributed by atoms with Crippen molar-refractivity contribution in [2.24, 2.45) is 5.73 Å². The molecule has 1 unspecified atom stereocenters. The van der Waals surface area contributed by atoms with E-state index in [2.05, 4.69) is 31.9 Å². The van der Waals surface area contributed by atoms with E-state index < -0.39 is 0 Å². The Hall–Kier alpha value is -0.0600. The first-order valence-corrected chi connectivity index (χ1v) is 7.96. The zero-order valence-electron chi connectivity index (χ0n) is 9.84. The van der Waals surface area contributed by atoms with Gasteiger partial charge in [-0.15, -0.1) is 0 Å². The van der Waals surface area contributed by atoms with Crippen LogP contribution in [0.15, 0.2) is 45.3 Å². The van der Waals surface area contributed by atoms with E-state index >= 15 is 0 Å². The molecule has 2 aromatic rings. The Morgan fingerprint density at radius 3 is 2.47 bits per heavy atom. The summed E-state index contributed by atoms with van der Waals surface area (Å²) in [5.74, 6) is 0. The van der Waals surface area contributed by atoms with Gasteiger partial charge in [-0.2, -0.15) is 0 Å². The lowest BCUT2D eigenvalue weighted by Crippen LogP contribution is -2.14. The molecule has 0 aliphatic rings. The van der Waals surface area contributed by atoms with Crippen molar-refractivity contribution < 1.29 is 0 Å². The van der Waals surface area contributed by atoms with Gasteiger partial charge in [-0.1, -0.05) is 61.1 Å². The summed E-state index contributed by atoms with van der Waals surface area (Å²) in [5.41, 5.74) is 8.25. The molecule has 0 saturated heterocycles. The van der Waals surface area contributed by atoms with Gasteiger partial charge in [-0.3, -0.25) is 0 Å². The molecule has 0 spiro atoms. The molecule has 0 aliphatic carbocycles. The van der Waals surface area contributed by atoms with Gasteiger partial charge in [0, 0.05) is 25.0 Å². The maximum Gasteiger partial charge on any atom is 0.0439 e. The Labute approximate surface area is 139 Å². The second-order valence-corrected chi connectivity index (χ2v) is 6.83. The van der Waals surface area contributed by atoms with E-state index in [-0.39, 0.29) is 6.04 Å². The van der Waals surface area contributed by atoms with Crippen molar-refractivity contribution in [1.29, 1.82) is 0 Å². The van der Waals surface area contributed by atoms with Crippen molar-refractivity contribution in [1.82, 2.24) is 0 Å². The van der Waals surface area contributed by atoms with Crippen LogP contribution in [0.25, 0.3) is 0 Å². The van der Waals surface area contributed by atoms with Gasteiger partial charge >= 0.3 is 0 Å². The molecule has 0 saturated carbocycles. The lowest BCUT2D eigenvalue weighted by molar-refractivity contribution is 0.718. The first kappa shape index (κ1) is 15.3. The molecule has 0 aromatic heterocycles. The quantitative estimate of drug-likeness (QED) is 0.667. The third-order valence-electron chi connectivity index (χ3n) is 2.81. The summed E-state index contributed by atoms with van der Waals surface area (Å²) in [4.78, 5) is 0. The van der Waals surface area contributed by atoms with E-state index in [1.54, 1.807) is 12.1 Å². The standard InChI is InChI=1S/C14H11Br2Cl2N/c15-9-1-3-11(12(16)7-9)14(19)6-8-5-10(17)2-4-13(8)18/h1-5,7,14H,6,19H2. The Morgan fingerprint density at radius 2 is 1.79 bits per heavy atom. The van der Waals surface area contributed by atoms with Gasteiger partial charge in [0.05, 0.1) is 0 Å². The Balaban J connectivity index is 2.25. The van der Waals surface area contributed by atoms with Crippen molar-refractivity contribution >= 4 is 55.1 Å². The number of hydrogen-bond acceptors (Lipinski definition) is 1. The molecule has 0 fully saturated rings. The predicted octanol–water partition coefficient (Wildman–Crippen LogP) is 5.76. The SMILES string of the molecule is NC(Cc1cc(Cl)ccc1Cl)c1ccc(Br)cc1Br. The smallest absolute Gasteiger partial charge is 0.0439 e. The molecule has 0 aliphatic heterocycles. The first-order valence-electron chi connectivity index (χ1n) is 5.62. The topological polar surface area (TPSA) is 26.0 Å². The van der Waals surface area contributed by atoms with Crippen molar-refractivity contribution in [3.8, 4) is 0 Å². The van der Waals surface area contributed by atoms with Gasteiger partial charge in [-0.05, 0) is 47.9 Å². The van der Waals surface area contributed by atoms with Crippen LogP contribution in [0.1, 0.15) is 17.2 Å². The number of hydrogen-bond donors (Lipinski definition) is 1. The molecule has 19 heavy (non-hydrogen) atoms. The minimum absolute atomic E-state index is 0.140. The van der Waals surface area contributed by atoms with E-state index in [9.17, 15) is 0 Å². The van der Waals surface area contributed by atoms with Crippen LogP contribution in [0.2, 0.25) is 10.0 Å². The number of rotatable bonds is 3. The highest BCUT2D eigenvalue weighted by Crippen LogP contribution is 2.30. The average Bonchev–Trinajstić information content (AvgIpc) is 2.33. The molecular weight excluding hydrogens is 413 g/mol. The number of halogens is 4. The summed E-state index contributed by atoms with van der Waals surface area (Å²) in [6.07, 6.45) is 0.639. The molecule has 2 N–H and O–H groups in total. The number of nitrogens with two attached hydrogens (primary N) is 1. The van der Waals surface area contributed by atoms with Gasteiger partial charge in [-0.25, -0.2) is 0 Å². The van der Waals surface area contributed by atoms with Crippen LogP contribution in [0.3, 0.4) is 0 Å². The monoisotopic (exact) mass is 421 g/mol. The molecule has 0 heterocycles. The summed E-state index contributed by atoms with van der Waals surface area (Å²) in [6.45, 7) is 0. The maximum atomic E-state index is 6.25. The lowest BCUT2D eigenvalue weighted by Gasteiger charge is -2.15. The molecular formula is C14H11Br2Cl2N. The molecule has 2 aromatic carbocycles. The molecule has 100 valence electrons. The van der Waals surface area contributed by atoms with Crippen molar-refractivity contribution in [3.63, 3.8) is 0 Å². The highest BCUT2D eigenvalue weighted by Gasteiger charge is 2.13. The Bertz CT molecular complexity index is 602. The molecule has 1 nitrogen and oxygen atoms in total. The average molecular weight is 424 g/mol.